The molecule has 0 aliphatic heterocycles. The minimum Gasteiger partial charge on any atom is -0.467 e. The number of furan rings is 1. The maximum Gasteiger partial charge on any atom is 0.220 e. The fourth-order valence-electron chi connectivity index (χ4n) is 3.67. The molecule has 0 spiro atoms. The Bertz CT molecular complexity index is 1080. The summed E-state index contributed by atoms with van der Waals surface area (Å²) in [6.07, 6.45) is 6.08. The van der Waals surface area contributed by atoms with E-state index in [2.05, 4.69) is 71.5 Å². The van der Waals surface area contributed by atoms with Gasteiger partial charge in [0.05, 0.1) is 12.8 Å². The average molecular weight is 386 g/mol. The van der Waals surface area contributed by atoms with Gasteiger partial charge in [0, 0.05) is 30.1 Å². The van der Waals surface area contributed by atoms with Crippen LogP contribution in [0.2, 0.25) is 0 Å². The van der Waals surface area contributed by atoms with E-state index in [-0.39, 0.29) is 5.91 Å². The first-order valence-electron chi connectivity index (χ1n) is 10.1. The Labute approximate surface area is 171 Å². The highest BCUT2D eigenvalue weighted by Crippen LogP contribution is 2.24. The van der Waals surface area contributed by atoms with Crippen LogP contribution in [0.5, 0.6) is 0 Å². The highest BCUT2D eigenvalue weighted by Gasteiger charge is 2.10. The number of aromatic nitrogens is 1. The number of aryl methyl sites for hydroxylation is 2. The van der Waals surface area contributed by atoms with Crippen LogP contribution in [0, 0.1) is 6.92 Å². The summed E-state index contributed by atoms with van der Waals surface area (Å²) < 4.78 is 7.56. The molecule has 2 aromatic heterocycles. The SMILES string of the molecule is Cc1ccc(Cn2cc(CCCC(=O)NCc3ccco3)c3ccccc32)cc1. The van der Waals surface area contributed by atoms with Gasteiger partial charge in [0.2, 0.25) is 5.91 Å². The molecule has 4 nitrogen and oxygen atoms in total. The summed E-state index contributed by atoms with van der Waals surface area (Å²) in [6.45, 7) is 3.41. The molecule has 4 rings (SSSR count). The third-order valence-electron chi connectivity index (χ3n) is 5.23. The van der Waals surface area contributed by atoms with Crippen molar-refractivity contribution in [3.8, 4) is 0 Å². The second kappa shape index (κ2) is 8.82. The molecule has 1 amide bonds. The van der Waals surface area contributed by atoms with E-state index in [4.69, 9.17) is 4.42 Å². The molecule has 4 aromatic rings. The molecule has 0 bridgehead atoms. The van der Waals surface area contributed by atoms with Gasteiger partial charge in [-0.15, -0.1) is 0 Å². The number of carbonyl (C=O) groups excluding carboxylic acids is 1. The topological polar surface area (TPSA) is 47.2 Å². The summed E-state index contributed by atoms with van der Waals surface area (Å²) in [6, 6.07) is 20.9. The number of hydrogen-bond acceptors (Lipinski definition) is 2. The van der Waals surface area contributed by atoms with Crippen molar-refractivity contribution >= 4 is 16.8 Å². The van der Waals surface area contributed by atoms with E-state index in [1.807, 2.05) is 12.1 Å². The van der Waals surface area contributed by atoms with E-state index in [0.29, 0.717) is 13.0 Å². The summed E-state index contributed by atoms with van der Waals surface area (Å²) in [5.74, 6) is 0.835. The molecular weight excluding hydrogens is 360 g/mol. The zero-order chi connectivity index (χ0) is 20.1. The number of hydrogen-bond donors (Lipinski definition) is 1. The summed E-state index contributed by atoms with van der Waals surface area (Å²) >= 11 is 0. The monoisotopic (exact) mass is 386 g/mol. The van der Waals surface area contributed by atoms with Crippen molar-refractivity contribution in [2.45, 2.75) is 39.3 Å². The number of carbonyl (C=O) groups is 1. The molecule has 0 unspecified atom stereocenters. The quantitative estimate of drug-likeness (QED) is 0.451. The molecule has 2 heterocycles. The van der Waals surface area contributed by atoms with Crippen molar-refractivity contribution in [2.75, 3.05) is 0 Å². The molecule has 29 heavy (non-hydrogen) atoms. The first-order chi connectivity index (χ1) is 14.2. The van der Waals surface area contributed by atoms with Crippen LogP contribution in [0.4, 0.5) is 0 Å². The molecule has 0 radical (unpaired) electrons. The largest absolute Gasteiger partial charge is 0.467 e. The highest BCUT2D eigenvalue weighted by molar-refractivity contribution is 5.84. The second-order valence-corrected chi connectivity index (χ2v) is 7.49. The molecular formula is C25H26N2O2. The van der Waals surface area contributed by atoms with Crippen LogP contribution in [0.15, 0.2) is 77.5 Å². The van der Waals surface area contributed by atoms with Crippen molar-refractivity contribution in [1.82, 2.24) is 9.88 Å². The normalized spacial score (nSPS) is 11.1. The van der Waals surface area contributed by atoms with E-state index in [1.54, 1.807) is 6.26 Å². The van der Waals surface area contributed by atoms with Gasteiger partial charge in [-0.05, 0) is 49.1 Å². The maximum absolute atomic E-state index is 12.1. The molecule has 0 aliphatic carbocycles. The number of benzene rings is 2. The van der Waals surface area contributed by atoms with Gasteiger partial charge in [0.15, 0.2) is 0 Å². The van der Waals surface area contributed by atoms with Crippen LogP contribution in [-0.4, -0.2) is 10.5 Å². The predicted octanol–water partition coefficient (Wildman–Crippen LogP) is 5.23. The third-order valence-corrected chi connectivity index (χ3v) is 5.23. The zero-order valence-electron chi connectivity index (χ0n) is 16.7. The minimum absolute atomic E-state index is 0.0600. The number of fused-ring (bicyclic) bond motifs is 1. The smallest absolute Gasteiger partial charge is 0.220 e. The van der Waals surface area contributed by atoms with Gasteiger partial charge in [-0.25, -0.2) is 0 Å². The Balaban J connectivity index is 1.39. The number of para-hydroxylation sites is 1. The highest BCUT2D eigenvalue weighted by atomic mass is 16.3. The van der Waals surface area contributed by atoms with Crippen molar-refractivity contribution in [3.63, 3.8) is 0 Å². The second-order valence-electron chi connectivity index (χ2n) is 7.49. The Morgan fingerprint density at radius 3 is 2.66 bits per heavy atom. The van der Waals surface area contributed by atoms with Gasteiger partial charge in [-0.3, -0.25) is 4.79 Å². The van der Waals surface area contributed by atoms with Gasteiger partial charge in [-0.1, -0.05) is 48.0 Å². The third kappa shape index (κ3) is 4.77. The Morgan fingerprint density at radius 1 is 1.03 bits per heavy atom. The lowest BCUT2D eigenvalue weighted by Crippen LogP contribution is -2.22. The molecule has 0 aliphatic rings. The lowest BCUT2D eigenvalue weighted by molar-refractivity contribution is -0.121. The van der Waals surface area contributed by atoms with E-state index in [1.165, 1.54) is 27.6 Å². The Hall–Kier alpha value is -3.27. The minimum atomic E-state index is 0.0600. The van der Waals surface area contributed by atoms with Gasteiger partial charge in [0.25, 0.3) is 0 Å². The van der Waals surface area contributed by atoms with Crippen LogP contribution in [0.25, 0.3) is 10.9 Å². The summed E-state index contributed by atoms with van der Waals surface area (Å²) in [7, 11) is 0. The maximum atomic E-state index is 12.1. The molecule has 0 atom stereocenters. The first-order valence-corrected chi connectivity index (χ1v) is 10.1. The van der Waals surface area contributed by atoms with E-state index in [0.717, 1.165) is 25.1 Å². The Kier molecular flexibility index (Phi) is 5.80. The molecule has 2 aromatic carbocycles. The van der Waals surface area contributed by atoms with Gasteiger partial charge in [0.1, 0.15) is 5.76 Å². The van der Waals surface area contributed by atoms with Crippen molar-refractivity contribution in [3.05, 3.63) is 95.6 Å². The molecule has 0 saturated heterocycles. The Morgan fingerprint density at radius 2 is 1.86 bits per heavy atom. The summed E-state index contributed by atoms with van der Waals surface area (Å²) in [4.78, 5) is 12.1. The van der Waals surface area contributed by atoms with Crippen LogP contribution in [0.1, 0.15) is 35.3 Å². The lowest BCUT2D eigenvalue weighted by atomic mass is 10.1. The van der Waals surface area contributed by atoms with Crippen molar-refractivity contribution in [2.24, 2.45) is 0 Å². The fraction of sp³-hybridized carbons (Fsp3) is 0.240. The van der Waals surface area contributed by atoms with Crippen molar-refractivity contribution in [1.29, 1.82) is 0 Å². The van der Waals surface area contributed by atoms with Crippen LogP contribution < -0.4 is 5.32 Å². The number of nitrogens with zero attached hydrogens (tertiary/aromatic N) is 1. The van der Waals surface area contributed by atoms with Crippen LogP contribution in [0.3, 0.4) is 0 Å². The summed E-state index contributed by atoms with van der Waals surface area (Å²) in [5.41, 5.74) is 5.11. The standard InChI is InChI=1S/C25H26N2O2/c1-19-11-13-20(14-12-19)17-27-18-21(23-8-2-3-9-24(23)27)6-4-10-25(28)26-16-22-7-5-15-29-22/h2-3,5,7-9,11-15,18H,4,6,10,16-17H2,1H3,(H,26,28). The molecule has 0 fully saturated rings. The zero-order valence-corrected chi connectivity index (χ0v) is 16.7. The van der Waals surface area contributed by atoms with E-state index < -0.39 is 0 Å². The molecule has 148 valence electrons. The lowest BCUT2D eigenvalue weighted by Gasteiger charge is -2.06. The number of nitrogens with one attached hydrogen (secondary N) is 1. The van der Waals surface area contributed by atoms with Gasteiger partial charge < -0.3 is 14.3 Å². The first kappa shape index (κ1) is 19.1. The molecule has 0 saturated carbocycles. The van der Waals surface area contributed by atoms with Crippen LogP contribution >= 0.6 is 0 Å². The number of rotatable bonds is 8. The predicted molar refractivity (Wildman–Crippen MR) is 116 cm³/mol. The van der Waals surface area contributed by atoms with Crippen molar-refractivity contribution < 1.29 is 9.21 Å². The fourth-order valence-corrected chi connectivity index (χ4v) is 3.67. The average Bonchev–Trinajstić information content (AvgIpc) is 3.37. The van der Waals surface area contributed by atoms with Crippen LogP contribution in [-0.2, 0) is 24.3 Å². The van der Waals surface area contributed by atoms with E-state index >= 15 is 0 Å². The van der Waals surface area contributed by atoms with Gasteiger partial charge in [-0.2, -0.15) is 0 Å². The van der Waals surface area contributed by atoms with E-state index in [9.17, 15) is 4.79 Å². The van der Waals surface area contributed by atoms with Gasteiger partial charge >= 0.3 is 0 Å². The molecule has 4 heteroatoms. The summed E-state index contributed by atoms with van der Waals surface area (Å²) in [5, 5.41) is 4.19. The molecule has 1 N–H and O–H groups in total. The number of amides is 1.